The van der Waals surface area contributed by atoms with Crippen molar-refractivity contribution in [1.29, 1.82) is 0 Å². The molecule has 0 radical (unpaired) electrons. The number of esters is 2. The molecule has 0 aliphatic rings. The lowest BCUT2D eigenvalue weighted by atomic mass is 10.1. The molecule has 0 aliphatic heterocycles. The second-order valence-corrected chi connectivity index (χ2v) is 18.0. The van der Waals surface area contributed by atoms with E-state index in [1.54, 1.807) is 0 Å². The standard InChI is InChI=1S/C41H80O15P2/c1-3-5-7-9-11-13-15-16-17-18-20-22-24-26-28-30-41(46)52-32-38(43)34-54-58(49,50)56-36-39(44)35-55-57(47,48)53-33-37(42)31-51-40(45)29-27-25-23-21-19-14-12-10-8-6-4-2/h13,15,37-39,42-44H,3-12,14,16-36H2,1-2H3,(H,47,48)(H,49,50)/b15-13-. The van der Waals surface area contributed by atoms with E-state index in [1.807, 2.05) is 0 Å². The van der Waals surface area contributed by atoms with Gasteiger partial charge in [0.2, 0.25) is 0 Å². The lowest BCUT2D eigenvalue weighted by molar-refractivity contribution is -0.148. The molecule has 17 heteroatoms. The number of phosphoric acid groups is 2. The molecular weight excluding hydrogens is 794 g/mol. The van der Waals surface area contributed by atoms with Crippen molar-refractivity contribution in [2.45, 2.75) is 199 Å². The molecule has 5 unspecified atom stereocenters. The van der Waals surface area contributed by atoms with Crippen molar-refractivity contribution in [1.82, 2.24) is 0 Å². The molecule has 0 aliphatic carbocycles. The van der Waals surface area contributed by atoms with Crippen molar-refractivity contribution < 1.29 is 71.4 Å². The van der Waals surface area contributed by atoms with Gasteiger partial charge >= 0.3 is 27.6 Å². The van der Waals surface area contributed by atoms with E-state index in [2.05, 4.69) is 44.1 Å². The van der Waals surface area contributed by atoms with Crippen LogP contribution < -0.4 is 0 Å². The van der Waals surface area contributed by atoms with Crippen molar-refractivity contribution in [3.05, 3.63) is 12.2 Å². The highest BCUT2D eigenvalue weighted by atomic mass is 31.2. The lowest BCUT2D eigenvalue weighted by Crippen LogP contribution is -2.25. The molecule has 0 aromatic heterocycles. The number of hydrogen-bond donors (Lipinski definition) is 5. The van der Waals surface area contributed by atoms with E-state index in [0.29, 0.717) is 12.8 Å². The van der Waals surface area contributed by atoms with Crippen LogP contribution in [0.15, 0.2) is 12.2 Å². The van der Waals surface area contributed by atoms with Crippen LogP contribution in [-0.2, 0) is 46.3 Å². The topological polar surface area (TPSA) is 225 Å². The van der Waals surface area contributed by atoms with Gasteiger partial charge in [-0.3, -0.25) is 27.7 Å². The zero-order valence-electron chi connectivity index (χ0n) is 35.7. The third kappa shape index (κ3) is 40.2. The Bertz CT molecular complexity index is 1110. The van der Waals surface area contributed by atoms with Crippen molar-refractivity contribution in [2.75, 3.05) is 39.6 Å². The molecule has 0 bridgehead atoms. The first kappa shape index (κ1) is 56.8. The van der Waals surface area contributed by atoms with Gasteiger partial charge in [0.05, 0.1) is 26.4 Å². The summed E-state index contributed by atoms with van der Waals surface area (Å²) in [7, 11) is -9.55. The van der Waals surface area contributed by atoms with Crippen LogP contribution in [0, 0.1) is 0 Å². The quantitative estimate of drug-likeness (QED) is 0.0167. The minimum atomic E-state index is -4.78. The number of carbonyl (C=O) groups is 2. The van der Waals surface area contributed by atoms with Crippen LogP contribution in [0.4, 0.5) is 0 Å². The van der Waals surface area contributed by atoms with Gasteiger partial charge in [-0.05, 0) is 38.5 Å². The van der Waals surface area contributed by atoms with Crippen LogP contribution in [0.5, 0.6) is 0 Å². The highest BCUT2D eigenvalue weighted by Crippen LogP contribution is 2.45. The molecular formula is C41H80O15P2. The summed E-state index contributed by atoms with van der Waals surface area (Å²) in [6, 6.07) is 0. The number of hydrogen-bond acceptors (Lipinski definition) is 13. The zero-order valence-corrected chi connectivity index (χ0v) is 37.5. The predicted molar refractivity (Wildman–Crippen MR) is 224 cm³/mol. The SMILES string of the molecule is CCCCCC/C=C\CCCCCCCCCC(=O)OCC(O)COP(=O)(O)OCC(O)COP(=O)(O)OCC(O)COC(=O)CCCCCCCCCCCCC. The van der Waals surface area contributed by atoms with Gasteiger partial charge in [-0.1, -0.05) is 142 Å². The van der Waals surface area contributed by atoms with Gasteiger partial charge < -0.3 is 34.6 Å². The van der Waals surface area contributed by atoms with E-state index < -0.39 is 85.5 Å². The molecule has 15 nitrogen and oxygen atoms in total. The Morgan fingerprint density at radius 3 is 1.02 bits per heavy atom. The number of aliphatic hydroxyl groups is 3. The Morgan fingerprint density at radius 1 is 0.431 bits per heavy atom. The first-order chi connectivity index (χ1) is 27.8. The van der Waals surface area contributed by atoms with Crippen molar-refractivity contribution in [2.24, 2.45) is 0 Å². The van der Waals surface area contributed by atoms with Crippen molar-refractivity contribution >= 4 is 27.6 Å². The van der Waals surface area contributed by atoms with Gasteiger partial charge in [0.25, 0.3) is 0 Å². The molecule has 0 saturated heterocycles. The van der Waals surface area contributed by atoms with E-state index in [4.69, 9.17) is 9.47 Å². The Balaban J connectivity index is 3.91. The molecule has 5 atom stereocenters. The molecule has 0 spiro atoms. The zero-order chi connectivity index (χ0) is 43.2. The third-order valence-electron chi connectivity index (χ3n) is 9.22. The fraction of sp³-hybridized carbons (Fsp3) is 0.902. The van der Waals surface area contributed by atoms with Crippen molar-refractivity contribution in [3.8, 4) is 0 Å². The summed E-state index contributed by atoms with van der Waals surface area (Å²) in [5.74, 6) is -0.996. The molecule has 0 aromatic carbocycles. The number of carbonyl (C=O) groups excluding carboxylic acids is 2. The average molecular weight is 875 g/mol. The average Bonchev–Trinajstić information content (AvgIpc) is 3.19. The van der Waals surface area contributed by atoms with Gasteiger partial charge in [0, 0.05) is 12.8 Å². The molecule has 0 heterocycles. The number of allylic oxidation sites excluding steroid dienone is 2. The van der Waals surface area contributed by atoms with Crippen molar-refractivity contribution in [3.63, 3.8) is 0 Å². The second kappa shape index (κ2) is 38.7. The van der Waals surface area contributed by atoms with Crippen LogP contribution in [0.3, 0.4) is 0 Å². The number of phosphoric ester groups is 2. The number of rotatable bonds is 43. The maximum Gasteiger partial charge on any atom is 0.472 e. The van der Waals surface area contributed by atoms with Gasteiger partial charge in [-0.15, -0.1) is 0 Å². The summed E-state index contributed by atoms with van der Waals surface area (Å²) in [6.45, 7) is 0.396. The van der Waals surface area contributed by atoms with Gasteiger partial charge in [-0.2, -0.15) is 0 Å². The molecule has 0 aromatic rings. The Kier molecular flexibility index (Phi) is 37.9. The normalized spacial score (nSPS) is 15.5. The van der Waals surface area contributed by atoms with Crippen LogP contribution in [-0.4, -0.2) is 95.0 Å². The monoisotopic (exact) mass is 874 g/mol. The summed E-state index contributed by atoms with van der Waals surface area (Å²) in [5, 5.41) is 29.9. The fourth-order valence-corrected chi connectivity index (χ4v) is 7.33. The highest BCUT2D eigenvalue weighted by molar-refractivity contribution is 7.47. The van der Waals surface area contributed by atoms with Crippen LogP contribution in [0.1, 0.15) is 181 Å². The molecule has 58 heavy (non-hydrogen) atoms. The largest absolute Gasteiger partial charge is 0.472 e. The highest BCUT2D eigenvalue weighted by Gasteiger charge is 2.28. The third-order valence-corrected chi connectivity index (χ3v) is 11.1. The molecule has 5 N–H and O–H groups in total. The minimum absolute atomic E-state index is 0.194. The van der Waals surface area contributed by atoms with E-state index in [0.717, 1.165) is 44.9 Å². The minimum Gasteiger partial charge on any atom is -0.463 e. The van der Waals surface area contributed by atoms with Crippen LogP contribution >= 0.6 is 15.6 Å². The summed E-state index contributed by atoms with van der Waals surface area (Å²) in [4.78, 5) is 43.6. The summed E-state index contributed by atoms with van der Waals surface area (Å²) >= 11 is 0. The number of ether oxygens (including phenoxy) is 2. The maximum atomic E-state index is 12.1. The molecule has 0 amide bonds. The Hall–Kier alpha value is -1.22. The Morgan fingerprint density at radius 2 is 0.690 bits per heavy atom. The van der Waals surface area contributed by atoms with E-state index in [-0.39, 0.29) is 12.8 Å². The molecule has 0 saturated carbocycles. The second-order valence-electron chi connectivity index (χ2n) is 15.1. The summed E-state index contributed by atoms with van der Waals surface area (Å²) in [5.41, 5.74) is 0. The first-order valence-electron chi connectivity index (χ1n) is 22.0. The Labute approximate surface area is 349 Å². The smallest absolute Gasteiger partial charge is 0.463 e. The maximum absolute atomic E-state index is 12.1. The summed E-state index contributed by atoms with van der Waals surface area (Å²) < 4.78 is 52.8. The lowest BCUT2D eigenvalue weighted by Gasteiger charge is -2.19. The van der Waals surface area contributed by atoms with Crippen LogP contribution in [0.2, 0.25) is 0 Å². The van der Waals surface area contributed by atoms with Gasteiger partial charge in [-0.25, -0.2) is 9.13 Å². The van der Waals surface area contributed by atoms with E-state index in [1.165, 1.54) is 96.3 Å². The summed E-state index contributed by atoms with van der Waals surface area (Å²) in [6.07, 6.45) is 27.8. The van der Waals surface area contributed by atoms with Crippen LogP contribution in [0.25, 0.3) is 0 Å². The van der Waals surface area contributed by atoms with Gasteiger partial charge in [0.1, 0.15) is 31.5 Å². The van der Waals surface area contributed by atoms with E-state index >= 15 is 0 Å². The molecule has 344 valence electrons. The molecule has 0 fully saturated rings. The first-order valence-corrected chi connectivity index (χ1v) is 25.0. The fourth-order valence-electron chi connectivity index (χ4n) is 5.74. The predicted octanol–water partition coefficient (Wildman–Crippen LogP) is 9.16. The van der Waals surface area contributed by atoms with E-state index in [9.17, 15) is 43.8 Å². The number of unbranched alkanes of at least 4 members (excludes halogenated alkanes) is 21. The molecule has 0 rings (SSSR count). The number of aliphatic hydroxyl groups excluding tert-OH is 3. The van der Waals surface area contributed by atoms with Gasteiger partial charge in [0.15, 0.2) is 0 Å².